The van der Waals surface area contributed by atoms with Crippen molar-refractivity contribution in [2.24, 2.45) is 0 Å². The summed E-state index contributed by atoms with van der Waals surface area (Å²) in [5.41, 5.74) is 0.973. The fourth-order valence-corrected chi connectivity index (χ4v) is 2.00. The van der Waals surface area contributed by atoms with Crippen LogP contribution in [0, 0.1) is 0 Å². The summed E-state index contributed by atoms with van der Waals surface area (Å²) in [4.78, 5) is 8.78. The van der Waals surface area contributed by atoms with Crippen molar-refractivity contribution in [1.29, 1.82) is 0 Å². The molecule has 0 aliphatic rings. The molecule has 1 aromatic rings. The Kier molecular flexibility index (Phi) is 5.66. The van der Waals surface area contributed by atoms with Crippen LogP contribution in [0.4, 0.5) is 0 Å². The summed E-state index contributed by atoms with van der Waals surface area (Å²) in [5.74, 6) is 0.907. The molecule has 0 aliphatic heterocycles. The van der Waals surface area contributed by atoms with Gasteiger partial charge in [0, 0.05) is 13.0 Å². The SMILES string of the molecule is CCCc1nc(C(C)COC)nc(Cl)c1Br. The van der Waals surface area contributed by atoms with E-state index in [1.165, 1.54) is 0 Å². The standard InChI is InChI=1S/C11H16BrClN2O/c1-4-5-8-9(12)10(13)15-11(14-8)7(2)6-16-3/h7H,4-6H2,1-3H3. The number of rotatable bonds is 5. The van der Waals surface area contributed by atoms with Gasteiger partial charge >= 0.3 is 0 Å². The lowest BCUT2D eigenvalue weighted by Crippen LogP contribution is -2.09. The van der Waals surface area contributed by atoms with E-state index in [1.54, 1.807) is 7.11 Å². The van der Waals surface area contributed by atoms with Gasteiger partial charge in [0.05, 0.1) is 16.8 Å². The van der Waals surface area contributed by atoms with Crippen molar-refractivity contribution in [2.75, 3.05) is 13.7 Å². The maximum Gasteiger partial charge on any atom is 0.147 e. The van der Waals surface area contributed by atoms with Gasteiger partial charge in [-0.15, -0.1) is 0 Å². The molecule has 0 radical (unpaired) electrons. The van der Waals surface area contributed by atoms with E-state index in [9.17, 15) is 0 Å². The van der Waals surface area contributed by atoms with Crippen molar-refractivity contribution in [2.45, 2.75) is 32.6 Å². The summed E-state index contributed by atoms with van der Waals surface area (Å²) >= 11 is 9.48. The maximum atomic E-state index is 6.06. The Morgan fingerprint density at radius 3 is 2.69 bits per heavy atom. The quantitative estimate of drug-likeness (QED) is 0.780. The predicted octanol–water partition coefficient (Wildman–Crippen LogP) is 3.59. The number of aryl methyl sites for hydroxylation is 1. The third-order valence-electron chi connectivity index (χ3n) is 2.24. The van der Waals surface area contributed by atoms with E-state index in [4.69, 9.17) is 16.3 Å². The normalized spacial score (nSPS) is 12.8. The Morgan fingerprint density at radius 2 is 2.12 bits per heavy atom. The molecule has 0 aliphatic carbocycles. The van der Waals surface area contributed by atoms with Gasteiger partial charge in [-0.1, -0.05) is 31.9 Å². The first kappa shape index (κ1) is 13.9. The van der Waals surface area contributed by atoms with Crippen LogP contribution in [-0.4, -0.2) is 23.7 Å². The molecule has 90 valence electrons. The van der Waals surface area contributed by atoms with Gasteiger partial charge in [-0.05, 0) is 22.4 Å². The minimum absolute atomic E-state index is 0.159. The number of methoxy groups -OCH3 is 1. The molecule has 0 fully saturated rings. The predicted molar refractivity (Wildman–Crippen MR) is 69.0 cm³/mol. The van der Waals surface area contributed by atoms with Crippen LogP contribution in [0.1, 0.15) is 37.7 Å². The molecule has 1 aromatic heterocycles. The van der Waals surface area contributed by atoms with E-state index in [0.29, 0.717) is 11.8 Å². The molecule has 0 saturated carbocycles. The minimum atomic E-state index is 0.159. The van der Waals surface area contributed by atoms with Gasteiger partial charge < -0.3 is 4.74 Å². The minimum Gasteiger partial charge on any atom is -0.384 e. The summed E-state index contributed by atoms with van der Waals surface area (Å²) in [5, 5.41) is 0.483. The highest BCUT2D eigenvalue weighted by Crippen LogP contribution is 2.26. The Bertz CT molecular complexity index is 360. The van der Waals surface area contributed by atoms with Gasteiger partial charge in [-0.25, -0.2) is 9.97 Å². The zero-order valence-corrected chi connectivity index (χ0v) is 12.1. The third kappa shape index (κ3) is 3.40. The molecule has 1 heterocycles. The average molecular weight is 308 g/mol. The molecule has 3 nitrogen and oxygen atoms in total. The van der Waals surface area contributed by atoms with Crippen molar-refractivity contribution < 1.29 is 4.74 Å². The molecular formula is C11H16BrClN2O. The Labute approximate surface area is 110 Å². The molecule has 0 amide bonds. The van der Waals surface area contributed by atoms with Crippen LogP contribution in [0.3, 0.4) is 0 Å². The highest BCUT2D eigenvalue weighted by atomic mass is 79.9. The molecule has 0 N–H and O–H groups in total. The lowest BCUT2D eigenvalue weighted by Gasteiger charge is -2.12. The summed E-state index contributed by atoms with van der Waals surface area (Å²) in [6.45, 7) is 4.74. The lowest BCUT2D eigenvalue weighted by molar-refractivity contribution is 0.181. The van der Waals surface area contributed by atoms with Crippen LogP contribution in [-0.2, 0) is 11.2 Å². The summed E-state index contributed by atoms with van der Waals surface area (Å²) < 4.78 is 5.90. The Balaban J connectivity index is 3.03. The highest BCUT2D eigenvalue weighted by molar-refractivity contribution is 9.10. The maximum absolute atomic E-state index is 6.06. The van der Waals surface area contributed by atoms with E-state index < -0.39 is 0 Å². The summed E-state index contributed by atoms with van der Waals surface area (Å²) in [6.07, 6.45) is 1.93. The molecule has 0 bridgehead atoms. The number of nitrogens with zero attached hydrogens (tertiary/aromatic N) is 2. The molecule has 1 rings (SSSR count). The van der Waals surface area contributed by atoms with Crippen molar-refractivity contribution in [3.8, 4) is 0 Å². The van der Waals surface area contributed by atoms with Crippen LogP contribution in [0.25, 0.3) is 0 Å². The first-order valence-corrected chi connectivity index (χ1v) is 6.48. The van der Waals surface area contributed by atoms with Crippen LogP contribution >= 0.6 is 27.5 Å². The van der Waals surface area contributed by atoms with E-state index >= 15 is 0 Å². The third-order valence-corrected chi connectivity index (χ3v) is 3.58. The summed E-state index contributed by atoms with van der Waals surface area (Å²) in [7, 11) is 1.67. The first-order valence-electron chi connectivity index (χ1n) is 5.30. The van der Waals surface area contributed by atoms with Crippen molar-refractivity contribution in [3.63, 3.8) is 0 Å². The lowest BCUT2D eigenvalue weighted by atomic mass is 10.1. The van der Waals surface area contributed by atoms with Crippen LogP contribution in [0.5, 0.6) is 0 Å². The zero-order valence-electron chi connectivity index (χ0n) is 9.76. The second kappa shape index (κ2) is 6.52. The number of hydrogen-bond acceptors (Lipinski definition) is 3. The molecule has 0 saturated heterocycles. The highest BCUT2D eigenvalue weighted by Gasteiger charge is 2.14. The van der Waals surface area contributed by atoms with Crippen molar-refractivity contribution in [3.05, 3.63) is 21.1 Å². The van der Waals surface area contributed by atoms with Crippen LogP contribution < -0.4 is 0 Å². The molecule has 5 heteroatoms. The van der Waals surface area contributed by atoms with Gasteiger partial charge in [0.2, 0.25) is 0 Å². The smallest absolute Gasteiger partial charge is 0.147 e. The van der Waals surface area contributed by atoms with Crippen molar-refractivity contribution >= 4 is 27.5 Å². The largest absolute Gasteiger partial charge is 0.384 e. The van der Waals surface area contributed by atoms with Crippen molar-refractivity contribution in [1.82, 2.24) is 9.97 Å². The van der Waals surface area contributed by atoms with Gasteiger partial charge in [-0.2, -0.15) is 0 Å². The van der Waals surface area contributed by atoms with Gasteiger partial charge in [0.1, 0.15) is 11.0 Å². The number of hydrogen-bond donors (Lipinski definition) is 0. The van der Waals surface area contributed by atoms with Gasteiger partial charge in [0.25, 0.3) is 0 Å². The van der Waals surface area contributed by atoms with E-state index in [1.807, 2.05) is 6.92 Å². The molecule has 1 unspecified atom stereocenters. The second-order valence-electron chi connectivity index (χ2n) is 3.74. The molecular weight excluding hydrogens is 291 g/mol. The number of ether oxygens (including phenoxy) is 1. The van der Waals surface area contributed by atoms with Gasteiger partial charge in [-0.3, -0.25) is 0 Å². The molecule has 16 heavy (non-hydrogen) atoms. The monoisotopic (exact) mass is 306 g/mol. The Hall–Kier alpha value is -0.190. The van der Waals surface area contributed by atoms with Crippen LogP contribution in [0.2, 0.25) is 5.15 Å². The van der Waals surface area contributed by atoms with Crippen LogP contribution in [0.15, 0.2) is 4.47 Å². The topological polar surface area (TPSA) is 35.0 Å². The summed E-state index contributed by atoms with van der Waals surface area (Å²) in [6, 6.07) is 0. The first-order chi connectivity index (χ1) is 7.60. The van der Waals surface area contributed by atoms with E-state index in [2.05, 4.69) is 32.8 Å². The van der Waals surface area contributed by atoms with Gasteiger partial charge in [0.15, 0.2) is 0 Å². The number of aromatic nitrogens is 2. The Morgan fingerprint density at radius 1 is 1.44 bits per heavy atom. The molecule has 0 aromatic carbocycles. The zero-order chi connectivity index (χ0) is 12.1. The van der Waals surface area contributed by atoms with E-state index in [-0.39, 0.29) is 5.92 Å². The fourth-order valence-electron chi connectivity index (χ4n) is 1.43. The average Bonchev–Trinajstić information content (AvgIpc) is 2.25. The van der Waals surface area contributed by atoms with E-state index in [0.717, 1.165) is 28.8 Å². The molecule has 0 spiro atoms. The fraction of sp³-hybridized carbons (Fsp3) is 0.636. The molecule has 1 atom stereocenters. The number of halogens is 2. The second-order valence-corrected chi connectivity index (χ2v) is 4.89.